The van der Waals surface area contributed by atoms with E-state index in [1.54, 1.807) is 18.2 Å². The number of aryl methyl sites for hydroxylation is 1. The molecular weight excluding hydrogens is 441 g/mol. The van der Waals surface area contributed by atoms with E-state index in [9.17, 15) is 27.9 Å². The van der Waals surface area contributed by atoms with Crippen LogP contribution in [-0.4, -0.2) is 38.0 Å². The first-order chi connectivity index (χ1) is 15.5. The number of rotatable bonds is 8. The first kappa shape index (κ1) is 23.4. The van der Waals surface area contributed by atoms with Crippen LogP contribution in [-0.2, 0) is 15.8 Å². The number of pyridine rings is 1. The minimum absolute atomic E-state index is 0.201. The van der Waals surface area contributed by atoms with Crippen molar-refractivity contribution in [2.75, 3.05) is 10.6 Å². The number of alkyl halides is 3. The zero-order valence-electron chi connectivity index (χ0n) is 17.2. The molecule has 0 bridgehead atoms. The Hall–Kier alpha value is -4.22. The average molecular weight is 460 g/mol. The van der Waals surface area contributed by atoms with E-state index in [2.05, 4.69) is 25.6 Å². The maximum Gasteiger partial charge on any atom is 0.433 e. The molecule has 0 aliphatic rings. The number of aromatic nitrogens is 3. The van der Waals surface area contributed by atoms with Gasteiger partial charge in [0.05, 0.1) is 6.42 Å². The van der Waals surface area contributed by atoms with Crippen LogP contribution < -0.4 is 16.4 Å². The molecule has 1 amide bonds. The van der Waals surface area contributed by atoms with Gasteiger partial charge in [-0.2, -0.15) is 13.2 Å². The average Bonchev–Trinajstić information content (AvgIpc) is 2.72. The molecule has 3 aromatic rings. The number of anilines is 3. The van der Waals surface area contributed by atoms with E-state index in [0.717, 1.165) is 17.8 Å². The largest absolute Gasteiger partial charge is 0.480 e. The standard InChI is InChI=1S/C21H19F3N6O3/c1-11-6-13(8-14(7-11)28-20-26-5-4-16(30-20)21(22,23)24)12-2-3-18(27-10-12)29-15(19(32)33)9-17(25)31/h2-8,10,15H,9H2,1H3,(H2,25,31)(H,27,29)(H,32,33)(H,26,28,30)/t15-/m0/s1. The number of carbonyl (C=O) groups excluding carboxylic acids is 1. The van der Waals surface area contributed by atoms with E-state index < -0.39 is 36.2 Å². The fourth-order valence-corrected chi connectivity index (χ4v) is 2.96. The molecule has 2 aromatic heterocycles. The van der Waals surface area contributed by atoms with Crippen molar-refractivity contribution in [3.8, 4) is 11.1 Å². The molecule has 0 aliphatic heterocycles. The Morgan fingerprint density at radius 3 is 2.48 bits per heavy atom. The monoisotopic (exact) mass is 460 g/mol. The number of hydrogen-bond donors (Lipinski definition) is 4. The molecule has 12 heteroatoms. The third-order valence-electron chi connectivity index (χ3n) is 4.40. The lowest BCUT2D eigenvalue weighted by Gasteiger charge is -2.14. The Morgan fingerprint density at radius 2 is 1.88 bits per heavy atom. The minimum Gasteiger partial charge on any atom is -0.480 e. The Labute approximate surface area is 185 Å². The molecule has 0 spiro atoms. The maximum atomic E-state index is 12.9. The van der Waals surface area contributed by atoms with Gasteiger partial charge >= 0.3 is 12.1 Å². The second kappa shape index (κ2) is 9.51. The quantitative estimate of drug-likeness (QED) is 0.401. The smallest absolute Gasteiger partial charge is 0.433 e. The molecule has 0 aliphatic carbocycles. The summed E-state index contributed by atoms with van der Waals surface area (Å²) in [5.41, 5.74) is 6.66. The van der Waals surface area contributed by atoms with Crippen molar-refractivity contribution < 1.29 is 27.9 Å². The molecule has 5 N–H and O–H groups in total. The lowest BCUT2D eigenvalue weighted by atomic mass is 10.0. The number of carboxylic acid groups (broad SMARTS) is 1. The molecular formula is C21H19F3N6O3. The molecule has 0 radical (unpaired) electrons. The van der Waals surface area contributed by atoms with Crippen LogP contribution in [0, 0.1) is 6.92 Å². The van der Waals surface area contributed by atoms with Gasteiger partial charge < -0.3 is 21.5 Å². The normalized spacial score (nSPS) is 12.1. The first-order valence-electron chi connectivity index (χ1n) is 9.54. The lowest BCUT2D eigenvalue weighted by molar-refractivity contribution is -0.141. The number of nitrogens with one attached hydrogen (secondary N) is 2. The Balaban J connectivity index is 1.81. The van der Waals surface area contributed by atoms with Gasteiger partial charge in [0.2, 0.25) is 11.9 Å². The van der Waals surface area contributed by atoms with Crippen LogP contribution in [0.15, 0.2) is 48.8 Å². The number of benzene rings is 1. The van der Waals surface area contributed by atoms with Gasteiger partial charge in [0.25, 0.3) is 0 Å². The number of halogens is 3. The third kappa shape index (κ3) is 6.38. The SMILES string of the molecule is Cc1cc(Nc2nccc(C(F)(F)F)n2)cc(-c2ccc(N[C@@H](CC(N)=O)C(=O)O)nc2)c1. The molecule has 1 atom stereocenters. The summed E-state index contributed by atoms with van der Waals surface area (Å²) in [5, 5.41) is 14.6. The number of aliphatic carboxylic acids is 1. The van der Waals surface area contributed by atoms with Gasteiger partial charge in [0, 0.05) is 23.6 Å². The predicted octanol–water partition coefficient (Wildman–Crippen LogP) is 3.35. The number of amides is 1. The van der Waals surface area contributed by atoms with Gasteiger partial charge in [-0.05, 0) is 48.4 Å². The fraction of sp³-hybridized carbons (Fsp3) is 0.190. The highest BCUT2D eigenvalue weighted by molar-refractivity contribution is 5.85. The van der Waals surface area contributed by atoms with Crippen LogP contribution in [0.4, 0.5) is 30.6 Å². The van der Waals surface area contributed by atoms with Crippen LogP contribution in [0.5, 0.6) is 0 Å². The molecule has 0 unspecified atom stereocenters. The topological polar surface area (TPSA) is 143 Å². The lowest BCUT2D eigenvalue weighted by Crippen LogP contribution is -2.34. The van der Waals surface area contributed by atoms with Crippen molar-refractivity contribution in [2.45, 2.75) is 25.6 Å². The summed E-state index contributed by atoms with van der Waals surface area (Å²) in [5.74, 6) is -1.98. The minimum atomic E-state index is -4.59. The van der Waals surface area contributed by atoms with E-state index in [0.29, 0.717) is 16.8 Å². The highest BCUT2D eigenvalue weighted by Gasteiger charge is 2.32. The molecule has 9 nitrogen and oxygen atoms in total. The van der Waals surface area contributed by atoms with Crippen LogP contribution >= 0.6 is 0 Å². The summed E-state index contributed by atoms with van der Waals surface area (Å²) in [7, 11) is 0. The van der Waals surface area contributed by atoms with Gasteiger partial charge in [-0.3, -0.25) is 4.79 Å². The van der Waals surface area contributed by atoms with Gasteiger partial charge in [0.15, 0.2) is 0 Å². The molecule has 2 heterocycles. The highest BCUT2D eigenvalue weighted by atomic mass is 19.4. The first-order valence-corrected chi connectivity index (χ1v) is 9.54. The molecule has 33 heavy (non-hydrogen) atoms. The number of hydrogen-bond acceptors (Lipinski definition) is 7. The van der Waals surface area contributed by atoms with Gasteiger partial charge in [-0.25, -0.2) is 19.7 Å². The number of carboxylic acids is 1. The van der Waals surface area contributed by atoms with Crippen molar-refractivity contribution in [3.05, 3.63) is 60.0 Å². The summed E-state index contributed by atoms with van der Waals surface area (Å²) in [6.45, 7) is 1.81. The third-order valence-corrected chi connectivity index (χ3v) is 4.40. The molecule has 172 valence electrons. The molecule has 0 fully saturated rings. The molecule has 3 rings (SSSR count). The highest BCUT2D eigenvalue weighted by Crippen LogP contribution is 2.29. The zero-order valence-corrected chi connectivity index (χ0v) is 17.2. The predicted molar refractivity (Wildman–Crippen MR) is 114 cm³/mol. The summed E-state index contributed by atoms with van der Waals surface area (Å²) < 4.78 is 38.7. The van der Waals surface area contributed by atoms with Crippen LogP contribution in [0.2, 0.25) is 0 Å². The Bertz CT molecular complexity index is 1170. The van der Waals surface area contributed by atoms with E-state index >= 15 is 0 Å². The summed E-state index contributed by atoms with van der Waals surface area (Å²) >= 11 is 0. The number of carbonyl (C=O) groups is 2. The Kier molecular flexibility index (Phi) is 6.75. The van der Waals surface area contributed by atoms with Crippen molar-refractivity contribution in [1.82, 2.24) is 15.0 Å². The van der Waals surface area contributed by atoms with Gasteiger partial charge in [-0.1, -0.05) is 6.07 Å². The van der Waals surface area contributed by atoms with E-state index in [-0.39, 0.29) is 11.8 Å². The van der Waals surface area contributed by atoms with Crippen molar-refractivity contribution >= 4 is 29.3 Å². The second-order valence-corrected chi connectivity index (χ2v) is 7.11. The van der Waals surface area contributed by atoms with E-state index in [1.165, 1.54) is 12.3 Å². The summed E-state index contributed by atoms with van der Waals surface area (Å²) in [6.07, 6.45) is -2.48. The number of nitrogens with zero attached hydrogens (tertiary/aromatic N) is 3. The van der Waals surface area contributed by atoms with Gasteiger partial charge in [0.1, 0.15) is 17.6 Å². The number of nitrogens with two attached hydrogens (primary N) is 1. The summed E-state index contributed by atoms with van der Waals surface area (Å²) in [4.78, 5) is 33.8. The maximum absolute atomic E-state index is 12.9. The van der Waals surface area contributed by atoms with Crippen molar-refractivity contribution in [1.29, 1.82) is 0 Å². The van der Waals surface area contributed by atoms with Crippen LogP contribution in [0.1, 0.15) is 17.7 Å². The zero-order chi connectivity index (χ0) is 24.2. The number of primary amides is 1. The van der Waals surface area contributed by atoms with E-state index in [4.69, 9.17) is 5.73 Å². The second-order valence-electron chi connectivity index (χ2n) is 7.11. The molecule has 0 saturated heterocycles. The van der Waals surface area contributed by atoms with E-state index in [1.807, 2.05) is 13.0 Å². The fourth-order valence-electron chi connectivity index (χ4n) is 2.96. The summed E-state index contributed by atoms with van der Waals surface area (Å²) in [6, 6.07) is 8.03. The molecule has 0 saturated carbocycles. The van der Waals surface area contributed by atoms with Crippen molar-refractivity contribution in [3.63, 3.8) is 0 Å². The van der Waals surface area contributed by atoms with Gasteiger partial charge in [-0.15, -0.1) is 0 Å². The Morgan fingerprint density at radius 1 is 1.12 bits per heavy atom. The molecule has 1 aromatic carbocycles. The van der Waals surface area contributed by atoms with Crippen LogP contribution in [0.25, 0.3) is 11.1 Å². The van der Waals surface area contributed by atoms with Crippen LogP contribution in [0.3, 0.4) is 0 Å². The van der Waals surface area contributed by atoms with Crippen molar-refractivity contribution in [2.24, 2.45) is 5.73 Å².